The Morgan fingerprint density at radius 3 is 3.00 bits per heavy atom. The summed E-state index contributed by atoms with van der Waals surface area (Å²) in [5, 5.41) is 13.7. The fourth-order valence-electron chi connectivity index (χ4n) is 2.33. The highest BCUT2D eigenvalue weighted by atomic mass is 15.1. The lowest BCUT2D eigenvalue weighted by molar-refractivity contribution is 0.769. The lowest BCUT2D eigenvalue weighted by Gasteiger charge is -2.11. The Kier molecular flexibility index (Phi) is 2.10. The minimum atomic E-state index is 0.637. The third-order valence-electron chi connectivity index (χ3n) is 3.12. The van der Waals surface area contributed by atoms with Gasteiger partial charge in [-0.1, -0.05) is 18.2 Å². The van der Waals surface area contributed by atoms with Crippen LogP contribution in [-0.2, 0) is 0 Å². The van der Waals surface area contributed by atoms with Gasteiger partial charge in [0.25, 0.3) is 0 Å². The zero-order chi connectivity index (χ0) is 10.1. The summed E-state index contributed by atoms with van der Waals surface area (Å²) in [5.74, 6) is 0.637. The third-order valence-corrected chi connectivity index (χ3v) is 3.12. The lowest BCUT2D eigenvalue weighted by atomic mass is 9.94. The molecule has 1 unspecified atom stereocenters. The Bertz CT molecular complexity index is 470. The Balaban J connectivity index is 2.16. The molecule has 1 aliphatic rings. The summed E-state index contributed by atoms with van der Waals surface area (Å²) < 4.78 is 0. The molecule has 0 amide bonds. The highest BCUT2D eigenvalue weighted by molar-refractivity contribution is 5.84. The van der Waals surface area contributed by atoms with Gasteiger partial charge in [-0.05, 0) is 24.4 Å². The van der Waals surface area contributed by atoms with Crippen molar-refractivity contribution in [3.63, 3.8) is 0 Å². The first-order valence-corrected chi connectivity index (χ1v) is 5.35. The molecule has 1 N–H and O–H groups in total. The third kappa shape index (κ3) is 1.49. The van der Waals surface area contributed by atoms with Crippen LogP contribution in [0, 0.1) is 0 Å². The molecule has 1 aliphatic heterocycles. The first kappa shape index (κ1) is 8.80. The smallest absolute Gasteiger partial charge is 0.0577 e. The summed E-state index contributed by atoms with van der Waals surface area (Å²) in [7, 11) is 0. The lowest BCUT2D eigenvalue weighted by Crippen LogP contribution is -2.08. The van der Waals surface area contributed by atoms with Gasteiger partial charge in [0.1, 0.15) is 0 Å². The number of hydrogen-bond acceptors (Lipinski definition) is 3. The Morgan fingerprint density at radius 1 is 1.20 bits per heavy atom. The summed E-state index contributed by atoms with van der Waals surface area (Å²) in [6.07, 6.45) is 4.94. The van der Waals surface area contributed by atoms with Gasteiger partial charge in [-0.25, -0.2) is 0 Å². The zero-order valence-corrected chi connectivity index (χ0v) is 8.48. The van der Waals surface area contributed by atoms with Crippen molar-refractivity contribution in [3.8, 4) is 0 Å². The SMILES string of the molecule is c1cc(C2CCNC2)c2cnncc2c1. The van der Waals surface area contributed by atoms with Crippen molar-refractivity contribution in [2.45, 2.75) is 12.3 Å². The fourth-order valence-corrected chi connectivity index (χ4v) is 2.33. The number of aromatic nitrogens is 2. The van der Waals surface area contributed by atoms with Gasteiger partial charge in [-0.3, -0.25) is 0 Å². The topological polar surface area (TPSA) is 37.8 Å². The van der Waals surface area contributed by atoms with Gasteiger partial charge < -0.3 is 5.32 Å². The normalized spacial score (nSPS) is 20.9. The molecule has 1 saturated heterocycles. The van der Waals surface area contributed by atoms with E-state index in [4.69, 9.17) is 0 Å². The van der Waals surface area contributed by atoms with Crippen molar-refractivity contribution in [3.05, 3.63) is 36.2 Å². The van der Waals surface area contributed by atoms with E-state index in [1.54, 1.807) is 0 Å². The minimum Gasteiger partial charge on any atom is -0.316 e. The first-order valence-electron chi connectivity index (χ1n) is 5.35. The van der Waals surface area contributed by atoms with Gasteiger partial charge in [0, 0.05) is 17.3 Å². The molecule has 1 atom stereocenters. The standard InChI is InChI=1S/C12H13N3/c1-2-9-7-14-15-8-12(9)11(3-1)10-4-5-13-6-10/h1-3,7-8,10,13H,4-6H2. The number of fused-ring (bicyclic) bond motifs is 1. The quantitative estimate of drug-likeness (QED) is 0.759. The van der Waals surface area contributed by atoms with Crippen molar-refractivity contribution in [1.29, 1.82) is 0 Å². The molecule has 3 rings (SSSR count). The highest BCUT2D eigenvalue weighted by Crippen LogP contribution is 2.28. The van der Waals surface area contributed by atoms with Crippen LogP contribution in [0.25, 0.3) is 10.8 Å². The van der Waals surface area contributed by atoms with Crippen molar-refractivity contribution < 1.29 is 0 Å². The van der Waals surface area contributed by atoms with Crippen LogP contribution in [0.5, 0.6) is 0 Å². The van der Waals surface area contributed by atoms with Crippen LogP contribution >= 0.6 is 0 Å². The maximum absolute atomic E-state index is 3.97. The van der Waals surface area contributed by atoms with Crippen LogP contribution in [0.1, 0.15) is 17.9 Å². The average molecular weight is 199 g/mol. The molecule has 1 aromatic heterocycles. The largest absolute Gasteiger partial charge is 0.316 e. The fraction of sp³-hybridized carbons (Fsp3) is 0.333. The van der Waals surface area contributed by atoms with Crippen molar-refractivity contribution in [2.24, 2.45) is 0 Å². The maximum Gasteiger partial charge on any atom is 0.0577 e. The molecule has 3 nitrogen and oxygen atoms in total. The van der Waals surface area contributed by atoms with Gasteiger partial charge in [-0.2, -0.15) is 10.2 Å². The predicted octanol–water partition coefficient (Wildman–Crippen LogP) is 1.71. The average Bonchev–Trinajstić information content (AvgIpc) is 2.82. The summed E-state index contributed by atoms with van der Waals surface area (Å²) in [4.78, 5) is 0. The predicted molar refractivity (Wildman–Crippen MR) is 59.8 cm³/mol. The van der Waals surface area contributed by atoms with Crippen LogP contribution in [0.4, 0.5) is 0 Å². The molecule has 2 heterocycles. The molecular formula is C12H13N3. The van der Waals surface area contributed by atoms with Gasteiger partial charge in [0.05, 0.1) is 12.4 Å². The van der Waals surface area contributed by atoms with Crippen LogP contribution < -0.4 is 5.32 Å². The van der Waals surface area contributed by atoms with Crippen LogP contribution in [0.3, 0.4) is 0 Å². The summed E-state index contributed by atoms with van der Waals surface area (Å²) in [6, 6.07) is 6.41. The van der Waals surface area contributed by atoms with E-state index in [0.717, 1.165) is 13.1 Å². The molecule has 0 saturated carbocycles. The molecule has 2 aromatic rings. The number of hydrogen-bond donors (Lipinski definition) is 1. The molecule has 1 aromatic carbocycles. The summed E-state index contributed by atoms with van der Waals surface area (Å²) >= 11 is 0. The molecule has 0 aliphatic carbocycles. The molecule has 15 heavy (non-hydrogen) atoms. The van der Waals surface area contributed by atoms with E-state index in [1.165, 1.54) is 22.8 Å². The van der Waals surface area contributed by atoms with Gasteiger partial charge in [-0.15, -0.1) is 0 Å². The molecule has 76 valence electrons. The molecule has 3 heteroatoms. The second-order valence-electron chi connectivity index (χ2n) is 4.03. The van der Waals surface area contributed by atoms with Crippen LogP contribution in [0.15, 0.2) is 30.6 Å². The monoisotopic (exact) mass is 199 g/mol. The zero-order valence-electron chi connectivity index (χ0n) is 8.48. The summed E-state index contributed by atoms with van der Waals surface area (Å²) in [6.45, 7) is 2.21. The van der Waals surface area contributed by atoms with E-state index in [9.17, 15) is 0 Å². The van der Waals surface area contributed by atoms with E-state index < -0.39 is 0 Å². The van der Waals surface area contributed by atoms with Crippen molar-refractivity contribution >= 4 is 10.8 Å². The van der Waals surface area contributed by atoms with E-state index in [1.807, 2.05) is 12.4 Å². The van der Waals surface area contributed by atoms with Crippen LogP contribution in [-0.4, -0.2) is 23.3 Å². The minimum absolute atomic E-state index is 0.637. The maximum atomic E-state index is 3.97. The van der Waals surface area contributed by atoms with Crippen molar-refractivity contribution in [1.82, 2.24) is 15.5 Å². The van der Waals surface area contributed by atoms with Gasteiger partial charge in [0.2, 0.25) is 0 Å². The van der Waals surface area contributed by atoms with Gasteiger partial charge in [0.15, 0.2) is 0 Å². The molecule has 1 fully saturated rings. The second-order valence-corrected chi connectivity index (χ2v) is 4.03. The van der Waals surface area contributed by atoms with E-state index >= 15 is 0 Å². The number of rotatable bonds is 1. The highest BCUT2D eigenvalue weighted by Gasteiger charge is 2.18. The van der Waals surface area contributed by atoms with Gasteiger partial charge >= 0.3 is 0 Å². The van der Waals surface area contributed by atoms with E-state index in [2.05, 4.69) is 33.7 Å². The Hall–Kier alpha value is -1.48. The Labute approximate surface area is 88.5 Å². The number of nitrogens with zero attached hydrogens (tertiary/aromatic N) is 2. The van der Waals surface area contributed by atoms with Crippen molar-refractivity contribution in [2.75, 3.05) is 13.1 Å². The van der Waals surface area contributed by atoms with E-state index in [0.29, 0.717) is 5.92 Å². The summed E-state index contributed by atoms with van der Waals surface area (Å²) in [5.41, 5.74) is 1.41. The first-order chi connectivity index (χ1) is 7.45. The Morgan fingerprint density at radius 2 is 2.13 bits per heavy atom. The number of nitrogens with one attached hydrogen (secondary N) is 1. The second kappa shape index (κ2) is 3.59. The molecule has 0 spiro atoms. The molecule has 0 bridgehead atoms. The van der Waals surface area contributed by atoms with E-state index in [-0.39, 0.29) is 0 Å². The number of benzene rings is 1. The van der Waals surface area contributed by atoms with Crippen LogP contribution in [0.2, 0.25) is 0 Å². The molecular weight excluding hydrogens is 186 g/mol. The molecule has 0 radical (unpaired) electrons.